The van der Waals surface area contributed by atoms with Crippen LogP contribution in [0.25, 0.3) is 16.5 Å². The molecule has 6 heteroatoms. The molecule has 128 valence electrons. The number of fused-ring (bicyclic) bond motifs is 1. The molecule has 0 radical (unpaired) electrons. The summed E-state index contributed by atoms with van der Waals surface area (Å²) in [6.07, 6.45) is 0. The molecule has 3 aromatic rings. The average Bonchev–Trinajstić information content (AvgIpc) is 2.65. The first-order valence-electron chi connectivity index (χ1n) is 7.51. The van der Waals surface area contributed by atoms with Gasteiger partial charge < -0.3 is 14.2 Å². The fourth-order valence-electron chi connectivity index (χ4n) is 2.67. The Labute approximate surface area is 150 Å². The number of methoxy groups -OCH3 is 3. The van der Waals surface area contributed by atoms with E-state index in [0.29, 0.717) is 28.5 Å². The molecule has 3 rings (SSSR count). The third-order valence-electron chi connectivity index (χ3n) is 3.87. The van der Waals surface area contributed by atoms with Crippen molar-refractivity contribution in [3.05, 3.63) is 59.5 Å². The lowest BCUT2D eigenvalue weighted by atomic mass is 10.00. The van der Waals surface area contributed by atoms with Gasteiger partial charge in [0.1, 0.15) is 0 Å². The Balaban J connectivity index is 2.19. The number of hydrogen-bond donors (Lipinski definition) is 0. The average molecular weight is 357 g/mol. The fraction of sp³-hybridized carbons (Fsp3) is 0.158. The summed E-state index contributed by atoms with van der Waals surface area (Å²) in [5.74, 6) is 1.61. The van der Waals surface area contributed by atoms with E-state index in [-0.39, 0.29) is 5.28 Å². The van der Waals surface area contributed by atoms with E-state index in [4.69, 9.17) is 25.8 Å². The van der Waals surface area contributed by atoms with Crippen LogP contribution in [0, 0.1) is 0 Å². The Morgan fingerprint density at radius 2 is 1.60 bits per heavy atom. The Kier molecular flexibility index (Phi) is 4.76. The maximum absolute atomic E-state index is 6.09. The van der Waals surface area contributed by atoms with Gasteiger partial charge in [-0.3, -0.25) is 0 Å². The standard InChI is InChI=1S/C19H17ClN2O3/c1-11(12-9-15(23-2)18(25-4)16(10-12)24-3)17-13-7-5-6-8-14(13)21-19(20)22-17/h5-10H,1H2,2-4H3. The number of halogens is 1. The molecule has 2 aromatic carbocycles. The molecule has 0 aliphatic heterocycles. The van der Waals surface area contributed by atoms with Crippen LogP contribution in [0.5, 0.6) is 17.2 Å². The summed E-state index contributed by atoms with van der Waals surface area (Å²) in [5.41, 5.74) is 2.88. The van der Waals surface area contributed by atoms with Crippen molar-refractivity contribution < 1.29 is 14.2 Å². The molecule has 5 nitrogen and oxygen atoms in total. The van der Waals surface area contributed by atoms with Gasteiger partial charge in [-0.15, -0.1) is 0 Å². The van der Waals surface area contributed by atoms with E-state index in [1.807, 2.05) is 36.4 Å². The van der Waals surface area contributed by atoms with Gasteiger partial charge in [-0.05, 0) is 35.4 Å². The van der Waals surface area contributed by atoms with Crippen molar-refractivity contribution in [3.63, 3.8) is 0 Å². The van der Waals surface area contributed by atoms with E-state index in [9.17, 15) is 0 Å². The highest BCUT2D eigenvalue weighted by atomic mass is 35.5. The molecule has 0 saturated carbocycles. The maximum atomic E-state index is 6.09. The zero-order valence-corrected chi connectivity index (χ0v) is 14.9. The molecule has 0 aliphatic carbocycles. The van der Waals surface area contributed by atoms with Crippen molar-refractivity contribution in [2.75, 3.05) is 21.3 Å². The van der Waals surface area contributed by atoms with Crippen LogP contribution < -0.4 is 14.2 Å². The van der Waals surface area contributed by atoms with Crippen LogP contribution in [-0.4, -0.2) is 31.3 Å². The predicted molar refractivity (Wildman–Crippen MR) is 98.8 cm³/mol. The van der Waals surface area contributed by atoms with Crippen LogP contribution in [0.4, 0.5) is 0 Å². The third-order valence-corrected chi connectivity index (χ3v) is 4.04. The van der Waals surface area contributed by atoms with Crippen LogP contribution in [0.3, 0.4) is 0 Å². The van der Waals surface area contributed by atoms with Gasteiger partial charge in [0, 0.05) is 11.0 Å². The van der Waals surface area contributed by atoms with Crippen LogP contribution >= 0.6 is 11.6 Å². The van der Waals surface area contributed by atoms with Crippen LogP contribution in [0.15, 0.2) is 43.0 Å². The van der Waals surface area contributed by atoms with E-state index in [1.54, 1.807) is 21.3 Å². The zero-order valence-electron chi connectivity index (χ0n) is 14.2. The van der Waals surface area contributed by atoms with Crippen molar-refractivity contribution in [2.24, 2.45) is 0 Å². The SMILES string of the molecule is C=C(c1cc(OC)c(OC)c(OC)c1)c1nc(Cl)nc2ccccc12. The molecule has 0 aliphatic rings. The van der Waals surface area contributed by atoms with E-state index in [0.717, 1.165) is 16.5 Å². The highest BCUT2D eigenvalue weighted by Crippen LogP contribution is 2.41. The number of aromatic nitrogens is 2. The van der Waals surface area contributed by atoms with Crippen molar-refractivity contribution in [2.45, 2.75) is 0 Å². The zero-order chi connectivity index (χ0) is 18.0. The summed E-state index contributed by atoms with van der Waals surface area (Å²) in [6.45, 7) is 4.19. The molecule has 1 aromatic heterocycles. The number of hydrogen-bond acceptors (Lipinski definition) is 5. The third kappa shape index (κ3) is 3.10. The van der Waals surface area contributed by atoms with Gasteiger partial charge in [-0.2, -0.15) is 0 Å². The van der Waals surface area contributed by atoms with Gasteiger partial charge in [0.05, 0.1) is 32.5 Å². The second-order valence-corrected chi connectivity index (χ2v) is 5.59. The van der Waals surface area contributed by atoms with E-state index in [1.165, 1.54) is 0 Å². The Morgan fingerprint density at radius 3 is 2.20 bits per heavy atom. The number of benzene rings is 2. The lowest BCUT2D eigenvalue weighted by Crippen LogP contribution is -1.99. The number of rotatable bonds is 5. The number of ether oxygens (including phenoxy) is 3. The van der Waals surface area contributed by atoms with Gasteiger partial charge in [0.25, 0.3) is 0 Å². The Morgan fingerprint density at radius 1 is 0.960 bits per heavy atom. The molecule has 0 unspecified atom stereocenters. The highest BCUT2D eigenvalue weighted by Gasteiger charge is 2.17. The van der Waals surface area contributed by atoms with Crippen molar-refractivity contribution >= 4 is 28.1 Å². The first kappa shape index (κ1) is 17.0. The first-order chi connectivity index (χ1) is 12.1. The van der Waals surface area contributed by atoms with Crippen LogP contribution in [0.1, 0.15) is 11.3 Å². The molecule has 0 fully saturated rings. The fourth-order valence-corrected chi connectivity index (χ4v) is 2.85. The second-order valence-electron chi connectivity index (χ2n) is 5.25. The van der Waals surface area contributed by atoms with Crippen molar-refractivity contribution in [1.82, 2.24) is 9.97 Å². The molecule has 0 spiro atoms. The molecule has 0 amide bonds. The molecular formula is C19H17ClN2O3. The number of para-hydroxylation sites is 1. The lowest BCUT2D eigenvalue weighted by Gasteiger charge is -2.15. The summed E-state index contributed by atoms with van der Waals surface area (Å²) in [4.78, 5) is 8.62. The normalized spacial score (nSPS) is 10.6. The van der Waals surface area contributed by atoms with Crippen molar-refractivity contribution in [3.8, 4) is 17.2 Å². The van der Waals surface area contributed by atoms with E-state index < -0.39 is 0 Å². The highest BCUT2D eigenvalue weighted by molar-refractivity contribution is 6.28. The maximum Gasteiger partial charge on any atom is 0.223 e. The smallest absolute Gasteiger partial charge is 0.223 e. The minimum absolute atomic E-state index is 0.169. The molecule has 0 atom stereocenters. The summed E-state index contributed by atoms with van der Waals surface area (Å²) in [7, 11) is 4.70. The van der Waals surface area contributed by atoms with Crippen molar-refractivity contribution in [1.29, 1.82) is 0 Å². The topological polar surface area (TPSA) is 53.5 Å². The van der Waals surface area contributed by atoms with Gasteiger partial charge in [-0.1, -0.05) is 24.8 Å². The predicted octanol–water partition coefficient (Wildman–Crippen LogP) is 4.37. The molecule has 0 saturated heterocycles. The van der Waals surface area contributed by atoms with E-state index >= 15 is 0 Å². The van der Waals surface area contributed by atoms with Crippen LogP contribution in [-0.2, 0) is 0 Å². The lowest BCUT2D eigenvalue weighted by molar-refractivity contribution is 0.324. The van der Waals surface area contributed by atoms with E-state index in [2.05, 4.69) is 16.5 Å². The quantitative estimate of drug-likeness (QED) is 0.635. The summed E-state index contributed by atoms with van der Waals surface area (Å²) in [6, 6.07) is 11.3. The first-order valence-corrected chi connectivity index (χ1v) is 7.88. The van der Waals surface area contributed by atoms with Gasteiger partial charge in [0.2, 0.25) is 11.0 Å². The molecule has 25 heavy (non-hydrogen) atoms. The monoisotopic (exact) mass is 356 g/mol. The molecule has 1 heterocycles. The second kappa shape index (κ2) is 6.99. The molecular weight excluding hydrogens is 340 g/mol. The Hall–Kier alpha value is -2.79. The summed E-state index contributed by atoms with van der Waals surface area (Å²) < 4.78 is 16.2. The minimum atomic E-state index is 0.169. The van der Waals surface area contributed by atoms with Gasteiger partial charge in [0.15, 0.2) is 11.5 Å². The minimum Gasteiger partial charge on any atom is -0.493 e. The van der Waals surface area contributed by atoms with Gasteiger partial charge in [-0.25, -0.2) is 9.97 Å². The summed E-state index contributed by atoms with van der Waals surface area (Å²) >= 11 is 6.09. The van der Waals surface area contributed by atoms with Gasteiger partial charge >= 0.3 is 0 Å². The van der Waals surface area contributed by atoms with Crippen LogP contribution in [0.2, 0.25) is 5.28 Å². The largest absolute Gasteiger partial charge is 0.493 e. The number of nitrogens with zero attached hydrogens (tertiary/aromatic N) is 2. The molecule has 0 N–H and O–H groups in total. The molecule has 0 bridgehead atoms. The Bertz CT molecular complexity index is 932. The summed E-state index contributed by atoms with van der Waals surface area (Å²) in [5, 5.41) is 1.04.